The first-order valence-electron chi connectivity index (χ1n) is 5.46. The highest BCUT2D eigenvalue weighted by atomic mass is 35.5. The van der Waals surface area contributed by atoms with Crippen molar-refractivity contribution in [2.75, 3.05) is 18.4 Å². The largest absolute Gasteiger partial charge is 0.324 e. The van der Waals surface area contributed by atoms with Crippen LogP contribution in [0.5, 0.6) is 0 Å². The molecule has 2 amide bonds. The molecule has 6 heteroatoms. The van der Waals surface area contributed by atoms with Gasteiger partial charge in [-0.25, -0.2) is 4.79 Å². The van der Waals surface area contributed by atoms with Gasteiger partial charge in [0.1, 0.15) is 0 Å². The average Bonchev–Trinajstić information content (AvgIpc) is 2.35. The van der Waals surface area contributed by atoms with Gasteiger partial charge in [-0.05, 0) is 25.1 Å². The molecule has 4 nitrogen and oxygen atoms in total. The molecular weight excluding hydrogens is 273 g/mol. The highest BCUT2D eigenvalue weighted by Crippen LogP contribution is 2.25. The van der Waals surface area contributed by atoms with Gasteiger partial charge < -0.3 is 10.2 Å². The van der Waals surface area contributed by atoms with Gasteiger partial charge in [-0.3, -0.25) is 0 Å². The molecule has 0 radical (unpaired) electrons. The lowest BCUT2D eigenvalue weighted by molar-refractivity contribution is 0.215. The van der Waals surface area contributed by atoms with Crippen LogP contribution in [0.2, 0.25) is 10.0 Å². The van der Waals surface area contributed by atoms with Gasteiger partial charge in [0, 0.05) is 18.8 Å². The summed E-state index contributed by atoms with van der Waals surface area (Å²) in [5.41, 5.74) is 0.574. The Morgan fingerprint density at radius 3 is 2.72 bits per heavy atom. The van der Waals surface area contributed by atoms with E-state index in [0.717, 1.165) is 0 Å². The maximum atomic E-state index is 11.9. The summed E-state index contributed by atoms with van der Waals surface area (Å²) < 4.78 is 0. The van der Waals surface area contributed by atoms with Crippen LogP contribution < -0.4 is 5.32 Å². The predicted molar refractivity (Wildman–Crippen MR) is 73.0 cm³/mol. The van der Waals surface area contributed by atoms with Crippen LogP contribution in [0.25, 0.3) is 0 Å². The zero-order valence-corrected chi connectivity index (χ0v) is 11.4. The van der Waals surface area contributed by atoms with E-state index in [9.17, 15) is 4.79 Å². The molecule has 1 aromatic rings. The monoisotopic (exact) mass is 285 g/mol. The molecule has 96 valence electrons. The highest BCUT2D eigenvalue weighted by Gasteiger charge is 2.11. The van der Waals surface area contributed by atoms with Crippen LogP contribution in [0.4, 0.5) is 10.5 Å². The molecule has 0 aliphatic rings. The standard InChI is InChI=1S/C12H13Cl2N3O/c1-2-17(7-3-6-15)12(18)16-9-4-5-10(13)11(14)8-9/h4-5,8H,2-3,7H2,1H3,(H,16,18). The van der Waals surface area contributed by atoms with Crippen molar-refractivity contribution in [1.29, 1.82) is 5.26 Å². The summed E-state index contributed by atoms with van der Waals surface area (Å²) in [4.78, 5) is 13.4. The number of rotatable bonds is 4. The molecule has 0 saturated carbocycles. The second-order valence-corrected chi connectivity index (χ2v) is 4.36. The fourth-order valence-corrected chi connectivity index (χ4v) is 1.66. The molecule has 0 aliphatic heterocycles. The Bertz CT molecular complexity index is 471. The van der Waals surface area contributed by atoms with Gasteiger partial charge in [0.25, 0.3) is 0 Å². The molecule has 18 heavy (non-hydrogen) atoms. The van der Waals surface area contributed by atoms with Crippen LogP contribution in [0.3, 0.4) is 0 Å². The van der Waals surface area contributed by atoms with Gasteiger partial charge in [-0.2, -0.15) is 5.26 Å². The Morgan fingerprint density at radius 2 is 2.17 bits per heavy atom. The van der Waals surface area contributed by atoms with Crippen LogP contribution >= 0.6 is 23.2 Å². The normalized spacial score (nSPS) is 9.67. The maximum Gasteiger partial charge on any atom is 0.321 e. The maximum absolute atomic E-state index is 11.9. The Balaban J connectivity index is 2.68. The minimum absolute atomic E-state index is 0.258. The number of hydrogen-bond donors (Lipinski definition) is 1. The second-order valence-electron chi connectivity index (χ2n) is 3.55. The van der Waals surface area contributed by atoms with Gasteiger partial charge >= 0.3 is 6.03 Å². The number of nitrogens with zero attached hydrogens (tertiary/aromatic N) is 2. The van der Waals surface area contributed by atoms with Crippen LogP contribution in [0.15, 0.2) is 18.2 Å². The minimum Gasteiger partial charge on any atom is -0.324 e. The molecule has 1 aromatic carbocycles. The highest BCUT2D eigenvalue weighted by molar-refractivity contribution is 6.42. The van der Waals surface area contributed by atoms with Crippen molar-refractivity contribution in [3.8, 4) is 6.07 Å². The lowest BCUT2D eigenvalue weighted by Gasteiger charge is -2.20. The SMILES string of the molecule is CCN(CCC#N)C(=O)Nc1ccc(Cl)c(Cl)c1. The Kier molecular flexibility index (Phi) is 5.76. The number of nitrogens with one attached hydrogen (secondary N) is 1. The summed E-state index contributed by atoms with van der Waals surface area (Å²) in [6.45, 7) is 2.79. The van der Waals surface area contributed by atoms with E-state index in [1.807, 2.05) is 13.0 Å². The topological polar surface area (TPSA) is 56.1 Å². The van der Waals surface area contributed by atoms with E-state index in [2.05, 4.69) is 5.32 Å². The summed E-state index contributed by atoms with van der Waals surface area (Å²) >= 11 is 11.6. The summed E-state index contributed by atoms with van der Waals surface area (Å²) in [5, 5.41) is 12.0. The Morgan fingerprint density at radius 1 is 1.44 bits per heavy atom. The summed E-state index contributed by atoms with van der Waals surface area (Å²) in [6, 6.07) is 6.62. The smallest absolute Gasteiger partial charge is 0.321 e. The van der Waals surface area contributed by atoms with Crippen molar-refractivity contribution in [2.45, 2.75) is 13.3 Å². The molecule has 0 fully saturated rings. The van der Waals surface area contributed by atoms with E-state index in [1.54, 1.807) is 23.1 Å². The first-order valence-corrected chi connectivity index (χ1v) is 6.22. The van der Waals surface area contributed by atoms with Crippen molar-refractivity contribution in [1.82, 2.24) is 4.90 Å². The molecule has 1 N–H and O–H groups in total. The van der Waals surface area contributed by atoms with Gasteiger partial charge in [0.05, 0.1) is 22.5 Å². The molecule has 0 saturated heterocycles. The van der Waals surface area contributed by atoms with Gasteiger partial charge in [-0.15, -0.1) is 0 Å². The lowest BCUT2D eigenvalue weighted by atomic mass is 10.3. The van der Waals surface area contributed by atoms with Crippen LogP contribution in [0.1, 0.15) is 13.3 Å². The lowest BCUT2D eigenvalue weighted by Crippen LogP contribution is -2.35. The number of benzene rings is 1. The van der Waals surface area contributed by atoms with Crippen molar-refractivity contribution in [3.63, 3.8) is 0 Å². The molecule has 0 spiro atoms. The number of carbonyl (C=O) groups is 1. The predicted octanol–water partition coefficient (Wildman–Crippen LogP) is 3.76. The number of anilines is 1. The quantitative estimate of drug-likeness (QED) is 0.916. The molecule has 0 atom stereocenters. The van der Waals surface area contributed by atoms with Gasteiger partial charge in [-0.1, -0.05) is 23.2 Å². The molecule has 0 heterocycles. The summed E-state index contributed by atoms with van der Waals surface area (Å²) in [7, 11) is 0. The van der Waals surface area contributed by atoms with Crippen molar-refractivity contribution >= 4 is 34.9 Å². The third-order valence-electron chi connectivity index (χ3n) is 2.33. The third kappa shape index (κ3) is 4.10. The van der Waals surface area contributed by atoms with Crippen LogP contribution in [0, 0.1) is 11.3 Å². The molecule has 1 rings (SSSR count). The average molecular weight is 286 g/mol. The van der Waals surface area contributed by atoms with Crippen LogP contribution in [-0.4, -0.2) is 24.0 Å². The summed E-state index contributed by atoms with van der Waals surface area (Å²) in [6.07, 6.45) is 0.308. The number of nitriles is 1. The zero-order valence-electron chi connectivity index (χ0n) is 9.91. The van der Waals surface area contributed by atoms with E-state index in [1.165, 1.54) is 0 Å². The third-order valence-corrected chi connectivity index (χ3v) is 3.07. The first-order chi connectivity index (χ1) is 8.58. The fraction of sp³-hybridized carbons (Fsp3) is 0.333. The molecule has 0 unspecified atom stereocenters. The molecular formula is C12H13Cl2N3O. The Hall–Kier alpha value is -1.44. The number of halogens is 2. The number of hydrogen-bond acceptors (Lipinski definition) is 2. The van der Waals surface area contributed by atoms with E-state index < -0.39 is 0 Å². The number of carbonyl (C=O) groups excluding carboxylic acids is 1. The summed E-state index contributed by atoms with van der Waals surface area (Å²) in [5.74, 6) is 0. The van der Waals surface area contributed by atoms with Crippen molar-refractivity contribution < 1.29 is 4.79 Å². The van der Waals surface area contributed by atoms with E-state index >= 15 is 0 Å². The second kappa shape index (κ2) is 7.10. The van der Waals surface area contributed by atoms with Gasteiger partial charge in [0.15, 0.2) is 0 Å². The van der Waals surface area contributed by atoms with E-state index in [-0.39, 0.29) is 6.03 Å². The van der Waals surface area contributed by atoms with Crippen molar-refractivity contribution in [3.05, 3.63) is 28.2 Å². The van der Waals surface area contributed by atoms with Gasteiger partial charge in [0.2, 0.25) is 0 Å². The van der Waals surface area contributed by atoms with E-state index in [4.69, 9.17) is 28.5 Å². The fourth-order valence-electron chi connectivity index (χ4n) is 1.36. The molecule has 0 aromatic heterocycles. The zero-order chi connectivity index (χ0) is 13.5. The molecule has 0 aliphatic carbocycles. The van der Waals surface area contributed by atoms with Crippen molar-refractivity contribution in [2.24, 2.45) is 0 Å². The molecule has 0 bridgehead atoms. The van der Waals surface area contributed by atoms with E-state index in [0.29, 0.717) is 35.2 Å². The number of amides is 2. The number of urea groups is 1. The van der Waals surface area contributed by atoms with Crippen LogP contribution in [-0.2, 0) is 0 Å². The first kappa shape index (κ1) is 14.6. The Labute approximate surface area is 116 Å². The minimum atomic E-state index is -0.258.